The number of aromatic nitrogens is 1. The van der Waals surface area contributed by atoms with Gasteiger partial charge in [-0.25, -0.2) is 9.78 Å². The number of ether oxygens (including phenoxy) is 1. The van der Waals surface area contributed by atoms with E-state index in [0.29, 0.717) is 11.6 Å². The molecule has 21 heavy (non-hydrogen) atoms. The van der Waals surface area contributed by atoms with Crippen LogP contribution in [0.15, 0.2) is 18.3 Å². The Balaban J connectivity index is 1.48. The molecule has 0 atom stereocenters. The molecule has 3 rings (SSSR count). The van der Waals surface area contributed by atoms with E-state index in [1.165, 1.54) is 12.8 Å². The molecule has 2 fully saturated rings. The fraction of sp³-hybridized carbons (Fsp3) is 0.600. The third-order valence-corrected chi connectivity index (χ3v) is 4.14. The molecule has 1 aromatic heterocycles. The third kappa shape index (κ3) is 3.64. The summed E-state index contributed by atoms with van der Waals surface area (Å²) in [6.45, 7) is 2.18. The predicted octanol–water partition coefficient (Wildman–Crippen LogP) is 1.84. The zero-order valence-corrected chi connectivity index (χ0v) is 12.3. The summed E-state index contributed by atoms with van der Waals surface area (Å²) in [6.07, 6.45) is 6.37. The van der Waals surface area contributed by atoms with Gasteiger partial charge in [-0.05, 0) is 37.8 Å². The maximum absolute atomic E-state index is 12.1. The van der Waals surface area contributed by atoms with Gasteiger partial charge in [0, 0.05) is 31.4 Å². The van der Waals surface area contributed by atoms with Crippen LogP contribution in [0.1, 0.15) is 25.7 Å². The summed E-state index contributed by atoms with van der Waals surface area (Å²) in [5, 5.41) is 5.84. The molecule has 0 aromatic carbocycles. The van der Waals surface area contributed by atoms with Gasteiger partial charge >= 0.3 is 6.03 Å². The molecule has 1 saturated heterocycles. The number of rotatable bonds is 4. The first-order valence-corrected chi connectivity index (χ1v) is 7.57. The Morgan fingerprint density at radius 3 is 2.76 bits per heavy atom. The second-order valence-corrected chi connectivity index (χ2v) is 5.70. The van der Waals surface area contributed by atoms with E-state index in [4.69, 9.17) is 4.74 Å². The van der Waals surface area contributed by atoms with Gasteiger partial charge in [0.1, 0.15) is 5.69 Å². The molecule has 6 heteroatoms. The van der Waals surface area contributed by atoms with Gasteiger partial charge in [0.05, 0.1) is 7.11 Å². The van der Waals surface area contributed by atoms with Gasteiger partial charge in [-0.2, -0.15) is 0 Å². The molecule has 2 amide bonds. The largest absolute Gasteiger partial charge is 0.480 e. The minimum absolute atomic E-state index is 0.189. The Morgan fingerprint density at radius 1 is 1.33 bits per heavy atom. The van der Waals surface area contributed by atoms with Gasteiger partial charge in [0.25, 0.3) is 0 Å². The van der Waals surface area contributed by atoms with Gasteiger partial charge in [0.15, 0.2) is 0 Å². The number of hydrogen-bond acceptors (Lipinski definition) is 4. The molecule has 1 saturated carbocycles. The van der Waals surface area contributed by atoms with Crippen LogP contribution in [0.2, 0.25) is 0 Å². The van der Waals surface area contributed by atoms with Crippen molar-refractivity contribution in [2.75, 3.05) is 25.5 Å². The summed E-state index contributed by atoms with van der Waals surface area (Å²) >= 11 is 0. The number of nitrogens with zero attached hydrogens (tertiary/aromatic N) is 2. The van der Waals surface area contributed by atoms with Crippen molar-refractivity contribution in [1.82, 2.24) is 15.2 Å². The highest BCUT2D eigenvalue weighted by molar-refractivity contribution is 5.90. The van der Waals surface area contributed by atoms with Crippen molar-refractivity contribution < 1.29 is 9.53 Å². The molecule has 0 unspecified atom stereocenters. The van der Waals surface area contributed by atoms with E-state index in [-0.39, 0.29) is 12.1 Å². The zero-order chi connectivity index (χ0) is 14.7. The Morgan fingerprint density at radius 2 is 2.10 bits per heavy atom. The smallest absolute Gasteiger partial charge is 0.319 e. The van der Waals surface area contributed by atoms with Crippen LogP contribution >= 0.6 is 0 Å². The lowest BCUT2D eigenvalue weighted by Crippen LogP contribution is -2.46. The lowest BCUT2D eigenvalue weighted by Gasteiger charge is -2.32. The number of pyridine rings is 1. The fourth-order valence-corrected chi connectivity index (χ4v) is 2.84. The van der Waals surface area contributed by atoms with Gasteiger partial charge in [-0.3, -0.25) is 0 Å². The van der Waals surface area contributed by atoms with Crippen LogP contribution in [0.3, 0.4) is 0 Å². The first kappa shape index (κ1) is 14.1. The van der Waals surface area contributed by atoms with Gasteiger partial charge in [-0.1, -0.05) is 0 Å². The number of carbonyl (C=O) groups is 1. The number of likely N-dealkylation sites (tertiary alicyclic amines) is 1. The number of methoxy groups -OCH3 is 1. The van der Waals surface area contributed by atoms with Crippen LogP contribution in [0.25, 0.3) is 0 Å². The number of anilines is 1. The zero-order valence-electron chi connectivity index (χ0n) is 12.3. The average molecular weight is 290 g/mol. The summed E-state index contributed by atoms with van der Waals surface area (Å²) in [6, 6.07) is 4.43. The Kier molecular flexibility index (Phi) is 4.24. The van der Waals surface area contributed by atoms with Crippen LogP contribution < -0.4 is 15.4 Å². The molecule has 114 valence electrons. The summed E-state index contributed by atoms with van der Waals surface area (Å²) in [4.78, 5) is 18.7. The second-order valence-electron chi connectivity index (χ2n) is 5.70. The van der Waals surface area contributed by atoms with Crippen LogP contribution in [0.4, 0.5) is 10.5 Å². The third-order valence-electron chi connectivity index (χ3n) is 4.14. The van der Waals surface area contributed by atoms with E-state index in [0.717, 1.165) is 32.0 Å². The Bertz CT molecular complexity index is 496. The fourth-order valence-electron chi connectivity index (χ4n) is 2.84. The highest BCUT2D eigenvalue weighted by atomic mass is 16.5. The Hall–Kier alpha value is -1.82. The van der Waals surface area contributed by atoms with E-state index in [1.807, 2.05) is 0 Å². The average Bonchev–Trinajstić information content (AvgIpc) is 3.33. The SMILES string of the molecule is COc1ncccc1NC(=O)NC1CCN(C2CC2)CC1. The molecule has 2 heterocycles. The Labute approximate surface area is 124 Å². The number of hydrogen-bond donors (Lipinski definition) is 2. The quantitative estimate of drug-likeness (QED) is 0.888. The van der Waals surface area contributed by atoms with Crippen molar-refractivity contribution in [2.24, 2.45) is 0 Å². The van der Waals surface area contributed by atoms with Crippen molar-refractivity contribution in [1.29, 1.82) is 0 Å². The molecule has 1 aliphatic carbocycles. The van der Waals surface area contributed by atoms with Crippen LogP contribution in [0, 0.1) is 0 Å². The summed E-state index contributed by atoms with van der Waals surface area (Å²) in [5.41, 5.74) is 0.591. The van der Waals surface area contributed by atoms with Crippen molar-refractivity contribution in [3.63, 3.8) is 0 Å². The highest BCUT2D eigenvalue weighted by Gasteiger charge is 2.32. The number of nitrogens with one attached hydrogen (secondary N) is 2. The molecule has 2 N–H and O–H groups in total. The lowest BCUT2D eigenvalue weighted by molar-refractivity contribution is 0.189. The standard InChI is InChI=1S/C15H22N4O2/c1-21-14-13(3-2-8-16-14)18-15(20)17-11-6-9-19(10-7-11)12-4-5-12/h2-3,8,11-12H,4-7,9-10H2,1H3,(H2,17,18,20). The molecular formula is C15H22N4O2. The molecular weight excluding hydrogens is 268 g/mol. The summed E-state index contributed by atoms with van der Waals surface area (Å²) < 4.78 is 5.12. The first-order valence-electron chi connectivity index (χ1n) is 7.57. The topological polar surface area (TPSA) is 66.5 Å². The molecule has 0 bridgehead atoms. The van der Waals surface area contributed by atoms with E-state index in [1.54, 1.807) is 25.4 Å². The first-order chi connectivity index (χ1) is 10.3. The van der Waals surface area contributed by atoms with Crippen molar-refractivity contribution in [2.45, 2.75) is 37.8 Å². The molecule has 0 radical (unpaired) electrons. The molecule has 0 spiro atoms. The normalized spacial score (nSPS) is 20.0. The number of amides is 2. The minimum Gasteiger partial charge on any atom is -0.480 e. The predicted molar refractivity (Wildman–Crippen MR) is 80.6 cm³/mol. The lowest BCUT2D eigenvalue weighted by atomic mass is 10.1. The molecule has 1 aliphatic heterocycles. The molecule has 1 aromatic rings. The van der Waals surface area contributed by atoms with Crippen molar-refractivity contribution in [3.05, 3.63) is 18.3 Å². The van der Waals surface area contributed by atoms with E-state index >= 15 is 0 Å². The maximum atomic E-state index is 12.1. The summed E-state index contributed by atoms with van der Waals surface area (Å²) in [7, 11) is 1.54. The highest BCUT2D eigenvalue weighted by Crippen LogP contribution is 2.29. The number of piperidine rings is 1. The van der Waals surface area contributed by atoms with Crippen LogP contribution in [0.5, 0.6) is 5.88 Å². The van der Waals surface area contributed by atoms with Crippen LogP contribution in [-0.4, -0.2) is 48.2 Å². The minimum atomic E-state index is -0.189. The molecule has 6 nitrogen and oxygen atoms in total. The van der Waals surface area contributed by atoms with Crippen molar-refractivity contribution in [3.8, 4) is 5.88 Å². The molecule has 2 aliphatic rings. The second kappa shape index (κ2) is 6.30. The van der Waals surface area contributed by atoms with Gasteiger partial charge in [-0.15, -0.1) is 0 Å². The number of carbonyl (C=O) groups excluding carboxylic acids is 1. The van der Waals surface area contributed by atoms with E-state index < -0.39 is 0 Å². The van der Waals surface area contributed by atoms with Crippen LogP contribution in [-0.2, 0) is 0 Å². The number of urea groups is 1. The van der Waals surface area contributed by atoms with Gasteiger partial charge < -0.3 is 20.3 Å². The van der Waals surface area contributed by atoms with E-state index in [2.05, 4.69) is 20.5 Å². The summed E-state index contributed by atoms with van der Waals surface area (Å²) in [5.74, 6) is 0.427. The van der Waals surface area contributed by atoms with Crippen molar-refractivity contribution >= 4 is 11.7 Å². The van der Waals surface area contributed by atoms with Gasteiger partial charge in [0.2, 0.25) is 5.88 Å². The van der Waals surface area contributed by atoms with E-state index in [9.17, 15) is 4.79 Å². The maximum Gasteiger partial charge on any atom is 0.319 e. The monoisotopic (exact) mass is 290 g/mol.